The second-order valence-corrected chi connectivity index (χ2v) is 5.99. The van der Waals surface area contributed by atoms with Gasteiger partial charge in [0.05, 0.1) is 7.11 Å². The zero-order chi connectivity index (χ0) is 16.1. The minimum absolute atomic E-state index is 0.0605. The van der Waals surface area contributed by atoms with E-state index in [0.29, 0.717) is 25.5 Å². The number of carbonyl (C=O) groups is 1. The molecule has 7 nitrogen and oxygen atoms in total. The van der Waals surface area contributed by atoms with Crippen LogP contribution in [0, 0.1) is 0 Å². The number of ether oxygens (including phenoxy) is 1. The van der Waals surface area contributed by atoms with Gasteiger partial charge in [-0.15, -0.1) is 11.3 Å². The lowest BCUT2D eigenvalue weighted by molar-refractivity contribution is 0.194. The third-order valence-corrected chi connectivity index (χ3v) is 4.56. The Morgan fingerprint density at radius 1 is 1.30 bits per heavy atom. The van der Waals surface area contributed by atoms with Gasteiger partial charge in [0.15, 0.2) is 5.13 Å². The second kappa shape index (κ2) is 7.28. The first-order valence-corrected chi connectivity index (χ1v) is 8.31. The minimum atomic E-state index is -0.0605. The number of methoxy groups -OCH3 is 1. The van der Waals surface area contributed by atoms with E-state index in [1.165, 1.54) is 0 Å². The zero-order valence-electron chi connectivity index (χ0n) is 12.9. The SMILES string of the molecule is COc1ncccc1CNC(=O)N1CCN(c2nccs2)CC1. The molecular formula is C15H19N5O2S. The number of carbonyl (C=O) groups excluding carboxylic acids is 1. The van der Waals surface area contributed by atoms with E-state index in [2.05, 4.69) is 20.2 Å². The number of aromatic nitrogens is 2. The van der Waals surface area contributed by atoms with Crippen LogP contribution in [0.25, 0.3) is 0 Å². The number of thiazole rings is 1. The van der Waals surface area contributed by atoms with E-state index in [0.717, 1.165) is 23.8 Å². The van der Waals surface area contributed by atoms with Gasteiger partial charge in [-0.3, -0.25) is 0 Å². The van der Waals surface area contributed by atoms with Gasteiger partial charge in [0, 0.05) is 56.1 Å². The monoisotopic (exact) mass is 333 g/mol. The molecule has 0 aromatic carbocycles. The van der Waals surface area contributed by atoms with Crippen LogP contribution in [0.15, 0.2) is 29.9 Å². The molecule has 3 rings (SSSR count). The molecule has 0 atom stereocenters. The third-order valence-electron chi connectivity index (χ3n) is 3.73. The fraction of sp³-hybridized carbons (Fsp3) is 0.400. The van der Waals surface area contributed by atoms with Crippen LogP contribution in [0.4, 0.5) is 9.93 Å². The summed E-state index contributed by atoms with van der Waals surface area (Å²) in [7, 11) is 1.57. The van der Waals surface area contributed by atoms with Gasteiger partial charge in [-0.05, 0) is 6.07 Å². The molecule has 0 unspecified atom stereocenters. The van der Waals surface area contributed by atoms with E-state index in [1.807, 2.05) is 22.4 Å². The van der Waals surface area contributed by atoms with Gasteiger partial charge in [-0.2, -0.15) is 0 Å². The maximum Gasteiger partial charge on any atom is 0.317 e. The van der Waals surface area contributed by atoms with Gasteiger partial charge in [-0.1, -0.05) is 6.07 Å². The van der Waals surface area contributed by atoms with Crippen LogP contribution in [0.3, 0.4) is 0 Å². The van der Waals surface area contributed by atoms with Gasteiger partial charge >= 0.3 is 6.03 Å². The smallest absolute Gasteiger partial charge is 0.317 e. The fourth-order valence-corrected chi connectivity index (χ4v) is 3.19. The maximum atomic E-state index is 12.3. The summed E-state index contributed by atoms with van der Waals surface area (Å²) >= 11 is 1.63. The van der Waals surface area contributed by atoms with Crippen LogP contribution in [-0.2, 0) is 6.54 Å². The molecule has 0 saturated carbocycles. The standard InChI is InChI=1S/C15H19N5O2S/c1-22-13-12(3-2-4-16-13)11-18-14(21)19-6-8-20(9-7-19)15-17-5-10-23-15/h2-5,10H,6-9,11H2,1H3,(H,18,21). The average Bonchev–Trinajstić information content (AvgIpc) is 3.14. The molecule has 0 radical (unpaired) electrons. The van der Waals surface area contributed by atoms with Crippen molar-refractivity contribution in [3.8, 4) is 5.88 Å². The highest BCUT2D eigenvalue weighted by Gasteiger charge is 2.22. The van der Waals surface area contributed by atoms with E-state index < -0.39 is 0 Å². The molecule has 122 valence electrons. The Labute approximate surface area is 138 Å². The summed E-state index contributed by atoms with van der Waals surface area (Å²) in [6, 6.07) is 3.67. The second-order valence-electron chi connectivity index (χ2n) is 5.12. The summed E-state index contributed by atoms with van der Waals surface area (Å²) in [5.74, 6) is 0.543. The number of hydrogen-bond acceptors (Lipinski definition) is 6. The molecule has 8 heteroatoms. The molecule has 2 aromatic rings. The number of amides is 2. The number of rotatable bonds is 4. The molecule has 1 saturated heterocycles. The van der Waals surface area contributed by atoms with Gasteiger partial charge < -0.3 is 19.9 Å². The average molecular weight is 333 g/mol. The van der Waals surface area contributed by atoms with Gasteiger partial charge in [0.25, 0.3) is 0 Å². The van der Waals surface area contributed by atoms with Crippen LogP contribution in [-0.4, -0.2) is 54.2 Å². The predicted molar refractivity (Wildman–Crippen MR) is 88.9 cm³/mol. The summed E-state index contributed by atoms with van der Waals surface area (Å²) < 4.78 is 5.19. The zero-order valence-corrected chi connectivity index (χ0v) is 13.8. The molecule has 2 aromatic heterocycles. The highest BCUT2D eigenvalue weighted by Crippen LogP contribution is 2.19. The maximum absolute atomic E-state index is 12.3. The lowest BCUT2D eigenvalue weighted by atomic mass is 10.2. The van der Waals surface area contributed by atoms with Gasteiger partial charge in [0.1, 0.15) is 0 Å². The largest absolute Gasteiger partial charge is 0.481 e. The number of hydrogen-bond donors (Lipinski definition) is 1. The van der Waals surface area contributed by atoms with Crippen molar-refractivity contribution in [2.45, 2.75) is 6.54 Å². The third kappa shape index (κ3) is 3.70. The van der Waals surface area contributed by atoms with Crippen LogP contribution < -0.4 is 15.0 Å². The minimum Gasteiger partial charge on any atom is -0.481 e. The molecule has 1 aliphatic rings. The van der Waals surface area contributed by atoms with Crippen molar-refractivity contribution < 1.29 is 9.53 Å². The van der Waals surface area contributed by atoms with E-state index in [4.69, 9.17) is 4.74 Å². The molecule has 1 fully saturated rings. The lowest BCUT2D eigenvalue weighted by Gasteiger charge is -2.34. The van der Waals surface area contributed by atoms with E-state index in [1.54, 1.807) is 30.8 Å². The number of piperazine rings is 1. The number of nitrogens with zero attached hydrogens (tertiary/aromatic N) is 4. The molecule has 0 bridgehead atoms. The number of nitrogens with one attached hydrogen (secondary N) is 1. The van der Waals surface area contributed by atoms with Gasteiger partial charge in [0.2, 0.25) is 5.88 Å². The number of urea groups is 1. The molecule has 3 heterocycles. The van der Waals surface area contributed by atoms with Crippen LogP contribution in [0.5, 0.6) is 5.88 Å². The van der Waals surface area contributed by atoms with Crippen LogP contribution in [0.2, 0.25) is 0 Å². The Hall–Kier alpha value is -2.35. The van der Waals surface area contributed by atoms with Crippen molar-refractivity contribution in [1.29, 1.82) is 0 Å². The van der Waals surface area contributed by atoms with Crippen molar-refractivity contribution in [1.82, 2.24) is 20.2 Å². The molecular weight excluding hydrogens is 314 g/mol. The van der Waals surface area contributed by atoms with Crippen LogP contribution >= 0.6 is 11.3 Å². The van der Waals surface area contributed by atoms with Gasteiger partial charge in [-0.25, -0.2) is 14.8 Å². The Morgan fingerprint density at radius 2 is 2.13 bits per heavy atom. The Balaban J connectivity index is 1.50. The number of pyridine rings is 1. The van der Waals surface area contributed by atoms with E-state index >= 15 is 0 Å². The van der Waals surface area contributed by atoms with Crippen molar-refractivity contribution in [3.63, 3.8) is 0 Å². The van der Waals surface area contributed by atoms with E-state index in [-0.39, 0.29) is 6.03 Å². The summed E-state index contributed by atoms with van der Waals surface area (Å²) in [4.78, 5) is 24.8. The Bertz CT molecular complexity index is 641. The number of anilines is 1. The molecule has 1 aliphatic heterocycles. The first-order valence-electron chi connectivity index (χ1n) is 7.43. The van der Waals surface area contributed by atoms with Crippen LogP contribution in [0.1, 0.15) is 5.56 Å². The van der Waals surface area contributed by atoms with Crippen molar-refractivity contribution in [2.24, 2.45) is 0 Å². The first kappa shape index (κ1) is 15.5. The molecule has 2 amide bonds. The Morgan fingerprint density at radius 3 is 2.83 bits per heavy atom. The topological polar surface area (TPSA) is 70.6 Å². The van der Waals surface area contributed by atoms with Crippen molar-refractivity contribution in [2.75, 3.05) is 38.2 Å². The summed E-state index contributed by atoms with van der Waals surface area (Å²) in [6.07, 6.45) is 3.47. The lowest BCUT2D eigenvalue weighted by Crippen LogP contribution is -2.51. The summed E-state index contributed by atoms with van der Waals surface area (Å²) in [5.41, 5.74) is 0.866. The fourth-order valence-electron chi connectivity index (χ4n) is 2.50. The first-order chi connectivity index (χ1) is 11.3. The van der Waals surface area contributed by atoms with Crippen molar-refractivity contribution in [3.05, 3.63) is 35.5 Å². The quantitative estimate of drug-likeness (QED) is 0.920. The predicted octanol–water partition coefficient (Wildman–Crippen LogP) is 1.58. The Kier molecular flexibility index (Phi) is 4.92. The summed E-state index contributed by atoms with van der Waals surface area (Å²) in [5, 5.41) is 5.92. The molecule has 0 aliphatic carbocycles. The highest BCUT2D eigenvalue weighted by atomic mass is 32.1. The van der Waals surface area contributed by atoms with Crippen molar-refractivity contribution >= 4 is 22.5 Å². The molecule has 0 spiro atoms. The highest BCUT2D eigenvalue weighted by molar-refractivity contribution is 7.13. The molecule has 23 heavy (non-hydrogen) atoms. The normalized spacial score (nSPS) is 14.7. The van der Waals surface area contributed by atoms with E-state index in [9.17, 15) is 4.79 Å². The molecule has 1 N–H and O–H groups in total. The summed E-state index contributed by atoms with van der Waals surface area (Å²) in [6.45, 7) is 3.39.